The molecule has 0 amide bonds. The summed E-state index contributed by atoms with van der Waals surface area (Å²) in [5.74, 6) is 0.686. The summed E-state index contributed by atoms with van der Waals surface area (Å²) in [7, 11) is 0. The molecular formula is C52H33N3. The van der Waals surface area contributed by atoms with Crippen LogP contribution in [0.5, 0.6) is 0 Å². The number of hydrogen-bond acceptors (Lipinski definition) is 3. The lowest BCUT2D eigenvalue weighted by molar-refractivity contribution is 0.794. The van der Waals surface area contributed by atoms with Crippen molar-refractivity contribution in [3.05, 3.63) is 223 Å². The van der Waals surface area contributed by atoms with Crippen LogP contribution in [0.25, 0.3) is 78.4 Å². The first kappa shape index (κ1) is 31.3. The predicted octanol–water partition coefficient (Wildman–Crippen LogP) is 12.6. The Kier molecular flexibility index (Phi) is 7.08. The molecule has 0 aliphatic heterocycles. The lowest BCUT2D eigenvalue weighted by Crippen LogP contribution is -2.25. The maximum Gasteiger partial charge on any atom is 0.160 e. The van der Waals surface area contributed by atoms with Crippen LogP contribution in [0, 0.1) is 0 Å². The van der Waals surface area contributed by atoms with E-state index in [0.29, 0.717) is 5.82 Å². The second-order valence-corrected chi connectivity index (χ2v) is 14.4. The average Bonchev–Trinajstić information content (AvgIpc) is 3.74. The van der Waals surface area contributed by atoms with Gasteiger partial charge in [-0.1, -0.05) is 164 Å². The summed E-state index contributed by atoms with van der Waals surface area (Å²) in [6.07, 6.45) is 3.67. The van der Waals surface area contributed by atoms with Gasteiger partial charge in [-0.05, 0) is 91.0 Å². The molecule has 7 aromatic carbocycles. The van der Waals surface area contributed by atoms with E-state index in [1.54, 1.807) is 6.20 Å². The van der Waals surface area contributed by atoms with Crippen molar-refractivity contribution in [3.63, 3.8) is 0 Å². The highest BCUT2D eigenvalue weighted by Gasteiger charge is 2.51. The van der Waals surface area contributed by atoms with E-state index in [2.05, 4.69) is 187 Å². The summed E-state index contributed by atoms with van der Waals surface area (Å²) < 4.78 is 0. The normalized spacial score (nSPS) is 12.9. The van der Waals surface area contributed by atoms with Crippen molar-refractivity contribution in [1.82, 2.24) is 15.0 Å². The molecule has 2 heterocycles. The Bertz CT molecular complexity index is 2830. The van der Waals surface area contributed by atoms with Gasteiger partial charge in [-0.2, -0.15) is 0 Å². The van der Waals surface area contributed by atoms with Crippen molar-refractivity contribution in [1.29, 1.82) is 0 Å². The highest BCUT2D eigenvalue weighted by molar-refractivity contribution is 5.95. The van der Waals surface area contributed by atoms with Crippen LogP contribution in [-0.4, -0.2) is 15.0 Å². The zero-order valence-corrected chi connectivity index (χ0v) is 29.9. The van der Waals surface area contributed by atoms with E-state index in [0.717, 1.165) is 33.6 Å². The zero-order valence-electron chi connectivity index (χ0n) is 29.9. The van der Waals surface area contributed by atoms with Crippen LogP contribution in [0.1, 0.15) is 22.3 Å². The van der Waals surface area contributed by atoms with Gasteiger partial charge in [0.25, 0.3) is 0 Å². The topological polar surface area (TPSA) is 38.7 Å². The Balaban J connectivity index is 1.04. The fourth-order valence-electron chi connectivity index (χ4n) is 8.94. The molecule has 0 fully saturated rings. The number of rotatable bonds is 5. The molecule has 2 aromatic heterocycles. The monoisotopic (exact) mass is 699 g/mol. The minimum Gasteiger partial charge on any atom is -0.264 e. The van der Waals surface area contributed by atoms with Gasteiger partial charge in [0.2, 0.25) is 0 Å². The lowest BCUT2D eigenvalue weighted by Gasteiger charge is -2.30. The first-order valence-electron chi connectivity index (χ1n) is 18.8. The van der Waals surface area contributed by atoms with Gasteiger partial charge in [-0.25, -0.2) is 9.97 Å². The van der Waals surface area contributed by atoms with E-state index >= 15 is 0 Å². The van der Waals surface area contributed by atoms with Gasteiger partial charge in [-0.3, -0.25) is 4.98 Å². The van der Waals surface area contributed by atoms with Crippen molar-refractivity contribution >= 4 is 0 Å². The fourth-order valence-corrected chi connectivity index (χ4v) is 8.94. The van der Waals surface area contributed by atoms with Crippen LogP contribution >= 0.6 is 0 Å². The number of benzene rings is 7. The van der Waals surface area contributed by atoms with Crippen LogP contribution < -0.4 is 0 Å². The summed E-state index contributed by atoms with van der Waals surface area (Å²) in [5.41, 5.74) is 19.3. The standard InChI is InChI=1S/C52H33N3/c1-2-11-34(12-3-1)35-20-22-36(23-21-35)37-24-26-38(27-25-37)49-32-50(40-13-10-30-53-33-40)55-51(54-49)39-28-29-44-43-16-6-9-19-47(43)52(48(44)31-39)45-17-7-4-14-41(45)42-15-5-8-18-46(42)52/h1-33H. The van der Waals surface area contributed by atoms with E-state index in [9.17, 15) is 0 Å². The van der Waals surface area contributed by atoms with Crippen LogP contribution in [-0.2, 0) is 5.41 Å². The van der Waals surface area contributed by atoms with Crippen LogP contribution in [0.4, 0.5) is 0 Å². The molecular weight excluding hydrogens is 667 g/mol. The van der Waals surface area contributed by atoms with Gasteiger partial charge in [0.15, 0.2) is 5.82 Å². The third-order valence-corrected chi connectivity index (χ3v) is 11.4. The van der Waals surface area contributed by atoms with Gasteiger partial charge in [0.05, 0.1) is 16.8 Å². The maximum atomic E-state index is 5.29. The van der Waals surface area contributed by atoms with Crippen LogP contribution in [0.2, 0.25) is 0 Å². The molecule has 1 spiro atoms. The highest BCUT2D eigenvalue weighted by Crippen LogP contribution is 2.63. The van der Waals surface area contributed by atoms with Crippen molar-refractivity contribution in [3.8, 4) is 78.4 Å². The van der Waals surface area contributed by atoms with Crippen molar-refractivity contribution < 1.29 is 0 Å². The minimum atomic E-state index is -0.436. The average molecular weight is 700 g/mol. The summed E-state index contributed by atoms with van der Waals surface area (Å²) in [5, 5.41) is 0. The number of pyridine rings is 1. The number of aromatic nitrogens is 3. The Hall–Kier alpha value is -7.23. The van der Waals surface area contributed by atoms with E-state index in [1.165, 1.54) is 61.2 Å². The first-order valence-corrected chi connectivity index (χ1v) is 18.8. The fraction of sp³-hybridized carbons (Fsp3) is 0.0192. The van der Waals surface area contributed by atoms with E-state index in [4.69, 9.17) is 9.97 Å². The molecule has 0 saturated carbocycles. The molecule has 55 heavy (non-hydrogen) atoms. The molecule has 2 aliphatic rings. The Morgan fingerprint density at radius 1 is 0.309 bits per heavy atom. The van der Waals surface area contributed by atoms with Gasteiger partial charge in [0, 0.05) is 29.1 Å². The molecule has 2 aliphatic carbocycles. The van der Waals surface area contributed by atoms with Crippen molar-refractivity contribution in [2.45, 2.75) is 5.41 Å². The number of hydrogen-bond donors (Lipinski definition) is 0. The van der Waals surface area contributed by atoms with Gasteiger partial charge in [0.1, 0.15) is 0 Å². The Morgan fingerprint density at radius 2 is 0.745 bits per heavy atom. The molecule has 0 N–H and O–H groups in total. The molecule has 11 rings (SSSR count). The van der Waals surface area contributed by atoms with Crippen molar-refractivity contribution in [2.24, 2.45) is 0 Å². The molecule has 0 bridgehead atoms. The van der Waals surface area contributed by atoms with E-state index in [1.807, 2.05) is 12.3 Å². The second kappa shape index (κ2) is 12.4. The minimum absolute atomic E-state index is 0.436. The summed E-state index contributed by atoms with van der Waals surface area (Å²) in [6, 6.07) is 67.6. The molecule has 9 aromatic rings. The molecule has 0 unspecified atom stereocenters. The summed E-state index contributed by atoms with van der Waals surface area (Å²) in [4.78, 5) is 15.0. The molecule has 3 heteroatoms. The van der Waals surface area contributed by atoms with E-state index in [-0.39, 0.29) is 0 Å². The number of fused-ring (bicyclic) bond motifs is 10. The predicted molar refractivity (Wildman–Crippen MR) is 223 cm³/mol. The highest BCUT2D eigenvalue weighted by atomic mass is 14.9. The summed E-state index contributed by atoms with van der Waals surface area (Å²) in [6.45, 7) is 0. The van der Waals surface area contributed by atoms with Gasteiger partial charge >= 0.3 is 0 Å². The van der Waals surface area contributed by atoms with Gasteiger partial charge < -0.3 is 0 Å². The van der Waals surface area contributed by atoms with E-state index < -0.39 is 5.41 Å². The summed E-state index contributed by atoms with van der Waals surface area (Å²) >= 11 is 0. The molecule has 0 atom stereocenters. The SMILES string of the molecule is c1ccc(-c2ccc(-c3ccc(-c4cc(-c5cccnc5)nc(-c5ccc6c(c5)C5(c7ccccc7-c7ccccc75)c5ccccc5-6)n4)cc3)cc2)cc1. The molecule has 0 radical (unpaired) electrons. The second-order valence-electron chi connectivity index (χ2n) is 14.4. The third-order valence-electron chi connectivity index (χ3n) is 11.4. The zero-order chi connectivity index (χ0) is 36.3. The largest absolute Gasteiger partial charge is 0.264 e. The molecule has 0 saturated heterocycles. The van der Waals surface area contributed by atoms with Crippen LogP contribution in [0.3, 0.4) is 0 Å². The smallest absolute Gasteiger partial charge is 0.160 e. The van der Waals surface area contributed by atoms with Crippen LogP contribution in [0.15, 0.2) is 200 Å². The quantitative estimate of drug-likeness (QED) is 0.179. The third kappa shape index (κ3) is 4.87. The molecule has 3 nitrogen and oxygen atoms in total. The maximum absolute atomic E-state index is 5.29. The molecule has 256 valence electrons. The Labute approximate surface area is 320 Å². The first-order chi connectivity index (χ1) is 27.3. The van der Waals surface area contributed by atoms with Crippen molar-refractivity contribution in [2.75, 3.05) is 0 Å². The van der Waals surface area contributed by atoms with Gasteiger partial charge in [-0.15, -0.1) is 0 Å². The number of nitrogens with zero attached hydrogens (tertiary/aromatic N) is 3. The lowest BCUT2D eigenvalue weighted by atomic mass is 9.70. The Morgan fingerprint density at radius 3 is 1.29 bits per heavy atom.